The molecule has 26 heavy (non-hydrogen) atoms. The minimum absolute atomic E-state index is 0.0220. The smallest absolute Gasteiger partial charge is 0.317 e. The minimum Gasteiger partial charge on any atom is -0.492 e. The number of aromatic nitrogens is 2. The standard InChI is InChI=1S/C20H28N4O2/c1-17-21-11-15-23(17)14-10-18-7-5-6-13-24(18)20(25)22-12-16-26-19-8-3-2-4-9-19/h2-4,8-9,11,15,18H,5-7,10,12-14,16H2,1H3,(H,22,25)/t18-/m1/s1. The van der Waals surface area contributed by atoms with E-state index in [0.29, 0.717) is 19.2 Å². The van der Waals surface area contributed by atoms with E-state index >= 15 is 0 Å². The van der Waals surface area contributed by atoms with Crippen molar-refractivity contribution in [2.24, 2.45) is 0 Å². The fourth-order valence-corrected chi connectivity index (χ4v) is 3.44. The molecule has 140 valence electrons. The van der Waals surface area contributed by atoms with Crippen molar-refractivity contribution in [3.8, 4) is 5.75 Å². The number of carbonyl (C=O) groups excluding carboxylic acids is 1. The van der Waals surface area contributed by atoms with Crippen LogP contribution >= 0.6 is 0 Å². The molecule has 0 aliphatic carbocycles. The van der Waals surface area contributed by atoms with E-state index in [9.17, 15) is 4.79 Å². The summed E-state index contributed by atoms with van der Waals surface area (Å²) in [5.41, 5.74) is 0. The van der Waals surface area contributed by atoms with E-state index in [1.54, 1.807) is 0 Å². The number of piperidine rings is 1. The first-order valence-electron chi connectivity index (χ1n) is 9.44. The maximum Gasteiger partial charge on any atom is 0.317 e. The quantitative estimate of drug-likeness (QED) is 0.775. The highest BCUT2D eigenvalue weighted by atomic mass is 16.5. The molecule has 0 saturated carbocycles. The van der Waals surface area contributed by atoms with Crippen molar-refractivity contribution < 1.29 is 9.53 Å². The van der Waals surface area contributed by atoms with Crippen LogP contribution in [0.25, 0.3) is 0 Å². The van der Waals surface area contributed by atoms with Crippen LogP contribution in [0, 0.1) is 6.92 Å². The van der Waals surface area contributed by atoms with E-state index in [4.69, 9.17) is 4.74 Å². The predicted octanol–water partition coefficient (Wildman–Crippen LogP) is 3.22. The monoisotopic (exact) mass is 356 g/mol. The SMILES string of the molecule is Cc1nccn1CC[C@H]1CCCCN1C(=O)NCCOc1ccccc1. The first-order valence-corrected chi connectivity index (χ1v) is 9.44. The van der Waals surface area contributed by atoms with Crippen molar-refractivity contribution in [1.82, 2.24) is 19.8 Å². The van der Waals surface area contributed by atoms with Crippen LogP contribution in [0.5, 0.6) is 5.75 Å². The van der Waals surface area contributed by atoms with Gasteiger partial charge in [-0.05, 0) is 44.7 Å². The number of aryl methyl sites for hydroxylation is 2. The molecule has 2 heterocycles. The molecular weight excluding hydrogens is 328 g/mol. The van der Waals surface area contributed by atoms with Crippen molar-refractivity contribution in [1.29, 1.82) is 0 Å². The summed E-state index contributed by atoms with van der Waals surface area (Å²) in [6, 6.07) is 9.98. The van der Waals surface area contributed by atoms with Gasteiger partial charge >= 0.3 is 6.03 Å². The van der Waals surface area contributed by atoms with E-state index in [2.05, 4.69) is 14.9 Å². The van der Waals surface area contributed by atoms with Crippen molar-refractivity contribution in [2.45, 2.75) is 45.2 Å². The zero-order valence-corrected chi connectivity index (χ0v) is 15.4. The highest BCUT2D eigenvalue weighted by Gasteiger charge is 2.26. The fraction of sp³-hybridized carbons (Fsp3) is 0.500. The molecule has 0 unspecified atom stereocenters. The summed E-state index contributed by atoms with van der Waals surface area (Å²) in [5.74, 6) is 1.85. The molecule has 6 nitrogen and oxygen atoms in total. The Morgan fingerprint density at radius 2 is 2.15 bits per heavy atom. The number of urea groups is 1. The average Bonchev–Trinajstić information content (AvgIpc) is 3.09. The molecule has 3 rings (SSSR count). The third-order valence-corrected chi connectivity index (χ3v) is 4.91. The highest BCUT2D eigenvalue weighted by Crippen LogP contribution is 2.20. The Hall–Kier alpha value is -2.50. The van der Waals surface area contributed by atoms with Gasteiger partial charge in [-0.3, -0.25) is 0 Å². The minimum atomic E-state index is 0.0220. The third-order valence-electron chi connectivity index (χ3n) is 4.91. The van der Waals surface area contributed by atoms with E-state index in [1.165, 1.54) is 6.42 Å². The third kappa shape index (κ3) is 5.00. The zero-order chi connectivity index (χ0) is 18.2. The van der Waals surface area contributed by atoms with Crippen molar-refractivity contribution in [3.05, 3.63) is 48.5 Å². The van der Waals surface area contributed by atoms with Crippen molar-refractivity contribution >= 4 is 6.03 Å². The summed E-state index contributed by atoms with van der Waals surface area (Å²) in [5, 5.41) is 3.00. The van der Waals surface area contributed by atoms with E-state index < -0.39 is 0 Å². The summed E-state index contributed by atoms with van der Waals surface area (Å²) >= 11 is 0. The molecule has 1 aromatic carbocycles. The number of hydrogen-bond donors (Lipinski definition) is 1. The Balaban J connectivity index is 1.44. The van der Waals surface area contributed by atoms with Gasteiger partial charge in [-0.25, -0.2) is 9.78 Å². The van der Waals surface area contributed by atoms with Crippen LogP contribution in [0.4, 0.5) is 4.79 Å². The van der Waals surface area contributed by atoms with Gasteiger partial charge < -0.3 is 19.5 Å². The lowest BCUT2D eigenvalue weighted by atomic mass is 9.99. The number of benzene rings is 1. The van der Waals surface area contributed by atoms with Crippen LogP contribution < -0.4 is 10.1 Å². The topological polar surface area (TPSA) is 59.4 Å². The number of nitrogens with zero attached hydrogens (tertiary/aromatic N) is 3. The lowest BCUT2D eigenvalue weighted by Gasteiger charge is -2.36. The summed E-state index contributed by atoms with van der Waals surface area (Å²) in [7, 11) is 0. The highest BCUT2D eigenvalue weighted by molar-refractivity contribution is 5.74. The molecule has 0 radical (unpaired) electrons. The number of likely N-dealkylation sites (tertiary alicyclic amines) is 1. The van der Waals surface area contributed by atoms with Gasteiger partial charge in [-0.15, -0.1) is 0 Å². The number of hydrogen-bond acceptors (Lipinski definition) is 3. The number of amides is 2. The van der Waals surface area contributed by atoms with E-state index in [-0.39, 0.29) is 6.03 Å². The Bertz CT molecular complexity index is 686. The Morgan fingerprint density at radius 1 is 1.31 bits per heavy atom. The molecule has 1 N–H and O–H groups in total. The molecule has 0 spiro atoms. The van der Waals surface area contributed by atoms with Gasteiger partial charge in [0, 0.05) is 31.5 Å². The van der Waals surface area contributed by atoms with Crippen LogP contribution in [0.3, 0.4) is 0 Å². The lowest BCUT2D eigenvalue weighted by Crippen LogP contribution is -2.49. The molecule has 1 atom stereocenters. The largest absolute Gasteiger partial charge is 0.492 e. The number of nitrogens with one attached hydrogen (secondary N) is 1. The predicted molar refractivity (Wildman–Crippen MR) is 101 cm³/mol. The van der Waals surface area contributed by atoms with Gasteiger partial charge in [0.2, 0.25) is 0 Å². The maximum atomic E-state index is 12.6. The summed E-state index contributed by atoms with van der Waals surface area (Å²) < 4.78 is 7.79. The normalized spacial score (nSPS) is 17.1. The molecule has 6 heteroatoms. The van der Waals surface area contributed by atoms with E-state index in [0.717, 1.165) is 43.9 Å². The second-order valence-corrected chi connectivity index (χ2v) is 6.69. The second kappa shape index (κ2) is 9.27. The van der Waals surface area contributed by atoms with Gasteiger partial charge in [0.15, 0.2) is 0 Å². The Labute approximate surface area is 155 Å². The second-order valence-electron chi connectivity index (χ2n) is 6.69. The molecule has 1 aliphatic heterocycles. The number of rotatable bonds is 7. The molecule has 0 bridgehead atoms. The Kier molecular flexibility index (Phi) is 6.52. The number of carbonyl (C=O) groups is 1. The molecule has 1 aliphatic rings. The first kappa shape index (κ1) is 18.3. The fourth-order valence-electron chi connectivity index (χ4n) is 3.44. The molecule has 2 aromatic rings. The van der Waals surface area contributed by atoms with Crippen LogP contribution in [0.15, 0.2) is 42.7 Å². The molecule has 1 aromatic heterocycles. The first-order chi connectivity index (χ1) is 12.7. The van der Waals surface area contributed by atoms with Gasteiger partial charge in [-0.2, -0.15) is 0 Å². The van der Waals surface area contributed by atoms with Gasteiger partial charge in [-0.1, -0.05) is 18.2 Å². The number of imidazole rings is 1. The average molecular weight is 356 g/mol. The number of ether oxygens (including phenoxy) is 1. The zero-order valence-electron chi connectivity index (χ0n) is 15.4. The molecule has 1 fully saturated rings. The molecule has 2 amide bonds. The van der Waals surface area contributed by atoms with E-state index in [1.807, 2.05) is 54.5 Å². The summed E-state index contributed by atoms with van der Waals surface area (Å²) in [6.07, 6.45) is 8.13. The lowest BCUT2D eigenvalue weighted by molar-refractivity contribution is 0.142. The summed E-state index contributed by atoms with van der Waals surface area (Å²) in [4.78, 5) is 18.9. The van der Waals surface area contributed by atoms with Crippen molar-refractivity contribution in [3.63, 3.8) is 0 Å². The van der Waals surface area contributed by atoms with Gasteiger partial charge in [0.1, 0.15) is 18.2 Å². The Morgan fingerprint density at radius 3 is 2.92 bits per heavy atom. The number of para-hydroxylation sites is 1. The van der Waals surface area contributed by atoms with Crippen LogP contribution in [0.1, 0.15) is 31.5 Å². The van der Waals surface area contributed by atoms with Gasteiger partial charge in [0.25, 0.3) is 0 Å². The molecule has 1 saturated heterocycles. The molecular formula is C20H28N4O2. The van der Waals surface area contributed by atoms with Crippen LogP contribution in [-0.2, 0) is 6.54 Å². The van der Waals surface area contributed by atoms with Crippen LogP contribution in [0.2, 0.25) is 0 Å². The maximum absolute atomic E-state index is 12.6. The van der Waals surface area contributed by atoms with Crippen LogP contribution in [-0.4, -0.2) is 46.2 Å². The summed E-state index contributed by atoms with van der Waals surface area (Å²) in [6.45, 7) is 4.73. The van der Waals surface area contributed by atoms with Gasteiger partial charge in [0.05, 0.1) is 6.54 Å². The van der Waals surface area contributed by atoms with Crippen molar-refractivity contribution in [2.75, 3.05) is 19.7 Å².